The molecule has 4 rings (SSSR count). The molecule has 0 aliphatic rings. The van der Waals surface area contributed by atoms with Crippen LogP contribution in [-0.2, 0) is 20.1 Å². The molecule has 0 saturated heterocycles. The summed E-state index contributed by atoms with van der Waals surface area (Å²) in [6.07, 6.45) is 1.55. The predicted octanol–water partition coefficient (Wildman–Crippen LogP) is 2.50. The van der Waals surface area contributed by atoms with Gasteiger partial charge in [-0.2, -0.15) is 5.10 Å². The number of hydrogen-bond donors (Lipinski definition) is 1. The molecule has 0 aliphatic heterocycles. The third kappa shape index (κ3) is 2.61. The monoisotopic (exact) mass is 339 g/mol. The summed E-state index contributed by atoms with van der Waals surface area (Å²) in [5.41, 5.74) is 1.77. The highest BCUT2D eigenvalue weighted by molar-refractivity contribution is 7.17. The summed E-state index contributed by atoms with van der Waals surface area (Å²) in [4.78, 5) is 21.7. The van der Waals surface area contributed by atoms with E-state index in [0.717, 1.165) is 6.54 Å². The number of nitrogens with zero attached hydrogens (tertiary/aromatic N) is 4. The fourth-order valence-electron chi connectivity index (χ4n) is 2.91. The summed E-state index contributed by atoms with van der Waals surface area (Å²) in [7, 11) is 3.82. The van der Waals surface area contributed by atoms with E-state index in [0.29, 0.717) is 23.4 Å². The highest BCUT2D eigenvalue weighted by Crippen LogP contribution is 2.26. The van der Waals surface area contributed by atoms with Crippen molar-refractivity contribution < 1.29 is 0 Å². The fraction of sp³-hybridized carbons (Fsp3) is 0.235. The first kappa shape index (κ1) is 15.0. The molecule has 0 amide bonds. The van der Waals surface area contributed by atoms with Crippen LogP contribution >= 0.6 is 11.3 Å². The number of fused-ring (bicyclic) bond motifs is 2. The van der Waals surface area contributed by atoms with Gasteiger partial charge in [0, 0.05) is 18.3 Å². The number of nitrogens with one attached hydrogen (secondary N) is 1. The van der Waals surface area contributed by atoms with Gasteiger partial charge in [0.25, 0.3) is 5.56 Å². The third-order valence-corrected chi connectivity index (χ3v) is 5.08. The van der Waals surface area contributed by atoms with Crippen molar-refractivity contribution in [2.45, 2.75) is 13.1 Å². The van der Waals surface area contributed by atoms with Crippen molar-refractivity contribution in [3.8, 4) is 0 Å². The van der Waals surface area contributed by atoms with Crippen molar-refractivity contribution in [1.82, 2.24) is 24.6 Å². The van der Waals surface area contributed by atoms with Crippen LogP contribution in [0, 0.1) is 0 Å². The van der Waals surface area contributed by atoms with Crippen molar-refractivity contribution in [2.24, 2.45) is 7.05 Å². The van der Waals surface area contributed by atoms with Crippen molar-refractivity contribution in [3.63, 3.8) is 0 Å². The molecule has 6 nitrogen and oxygen atoms in total. The van der Waals surface area contributed by atoms with E-state index in [1.54, 1.807) is 29.3 Å². The van der Waals surface area contributed by atoms with E-state index < -0.39 is 0 Å². The number of aromatic nitrogens is 4. The van der Waals surface area contributed by atoms with E-state index >= 15 is 0 Å². The Balaban J connectivity index is 1.59. The second-order valence-electron chi connectivity index (χ2n) is 5.95. The highest BCUT2D eigenvalue weighted by Gasteiger charge is 2.11. The minimum Gasteiger partial charge on any atom is -0.309 e. The molecule has 0 aliphatic carbocycles. The topological polar surface area (TPSA) is 66.8 Å². The Morgan fingerprint density at radius 3 is 2.96 bits per heavy atom. The molecule has 0 saturated carbocycles. The maximum absolute atomic E-state index is 12.1. The lowest BCUT2D eigenvalue weighted by Crippen LogP contribution is -2.21. The summed E-state index contributed by atoms with van der Waals surface area (Å²) < 4.78 is 2.92. The quantitative estimate of drug-likeness (QED) is 0.620. The van der Waals surface area contributed by atoms with E-state index in [4.69, 9.17) is 0 Å². The molecule has 3 aromatic heterocycles. The lowest BCUT2D eigenvalue weighted by Gasteiger charge is -2.15. The lowest BCUT2D eigenvalue weighted by atomic mass is 10.2. The summed E-state index contributed by atoms with van der Waals surface area (Å²) in [6.45, 7) is 1.37. The van der Waals surface area contributed by atoms with Gasteiger partial charge < -0.3 is 4.98 Å². The zero-order chi connectivity index (χ0) is 16.7. The molecule has 122 valence electrons. The number of rotatable bonds is 4. The number of benzene rings is 1. The Morgan fingerprint density at radius 1 is 1.25 bits per heavy atom. The molecule has 4 aromatic rings. The Labute approximate surface area is 142 Å². The molecular weight excluding hydrogens is 322 g/mol. The standard InChI is InChI=1S/C17H17N5OS/c1-21(8-11-10-24-14-6-4-3-5-12(11)14)9-15-19-16-13(17(23)20-15)7-18-22(16)2/h3-7,10H,8-9H2,1-2H3,(H,19,20,23). The van der Waals surface area contributed by atoms with Crippen molar-refractivity contribution in [3.05, 3.63) is 57.6 Å². The molecule has 0 radical (unpaired) electrons. The average Bonchev–Trinajstić information content (AvgIpc) is 3.13. The molecular formula is C17H17N5OS. The summed E-state index contributed by atoms with van der Waals surface area (Å²) in [6, 6.07) is 8.41. The average molecular weight is 339 g/mol. The second kappa shape index (κ2) is 5.85. The first-order valence-electron chi connectivity index (χ1n) is 7.66. The summed E-state index contributed by atoms with van der Waals surface area (Å²) >= 11 is 1.76. The van der Waals surface area contributed by atoms with Gasteiger partial charge in [0.05, 0.1) is 12.7 Å². The van der Waals surface area contributed by atoms with Crippen LogP contribution in [0.15, 0.2) is 40.6 Å². The Hall–Kier alpha value is -2.51. The Bertz CT molecular complexity index is 1080. The second-order valence-corrected chi connectivity index (χ2v) is 6.86. The minimum absolute atomic E-state index is 0.141. The van der Waals surface area contributed by atoms with Crippen molar-refractivity contribution in [1.29, 1.82) is 0 Å². The van der Waals surface area contributed by atoms with Crippen LogP contribution < -0.4 is 5.56 Å². The maximum Gasteiger partial charge on any atom is 0.262 e. The molecule has 1 N–H and O–H groups in total. The zero-order valence-electron chi connectivity index (χ0n) is 13.5. The van der Waals surface area contributed by atoms with E-state index in [-0.39, 0.29) is 5.56 Å². The lowest BCUT2D eigenvalue weighted by molar-refractivity contribution is 0.312. The van der Waals surface area contributed by atoms with Crippen LogP contribution in [0.4, 0.5) is 0 Å². The predicted molar refractivity (Wildman–Crippen MR) is 96.1 cm³/mol. The molecule has 7 heteroatoms. The molecule has 0 fully saturated rings. The number of thiophene rings is 1. The molecule has 3 heterocycles. The first-order chi connectivity index (χ1) is 11.6. The smallest absolute Gasteiger partial charge is 0.262 e. The van der Waals surface area contributed by atoms with Gasteiger partial charge in [-0.3, -0.25) is 14.4 Å². The first-order valence-corrected chi connectivity index (χ1v) is 8.54. The van der Waals surface area contributed by atoms with Gasteiger partial charge in [-0.05, 0) is 29.4 Å². The Morgan fingerprint density at radius 2 is 2.08 bits per heavy atom. The normalized spacial score (nSPS) is 11.8. The fourth-order valence-corrected chi connectivity index (χ4v) is 3.86. The SMILES string of the molecule is CN(Cc1nc2c(cnn2C)c(=O)[nH]1)Cc1csc2ccccc12. The largest absolute Gasteiger partial charge is 0.309 e. The van der Waals surface area contributed by atoms with Gasteiger partial charge in [-0.1, -0.05) is 18.2 Å². The highest BCUT2D eigenvalue weighted by atomic mass is 32.1. The Kier molecular flexibility index (Phi) is 3.66. The number of H-pyrrole nitrogens is 1. The van der Waals surface area contributed by atoms with E-state index in [9.17, 15) is 4.79 Å². The number of hydrogen-bond acceptors (Lipinski definition) is 5. The maximum atomic E-state index is 12.1. The zero-order valence-corrected chi connectivity index (χ0v) is 14.3. The van der Waals surface area contributed by atoms with Gasteiger partial charge in [0.2, 0.25) is 0 Å². The molecule has 1 aromatic carbocycles. The van der Waals surface area contributed by atoms with Crippen LogP contribution in [0.25, 0.3) is 21.1 Å². The van der Waals surface area contributed by atoms with E-state index in [1.807, 2.05) is 7.05 Å². The van der Waals surface area contributed by atoms with Crippen LogP contribution in [0.1, 0.15) is 11.4 Å². The minimum atomic E-state index is -0.141. The molecule has 0 atom stereocenters. The third-order valence-electron chi connectivity index (χ3n) is 4.07. The van der Waals surface area contributed by atoms with Gasteiger partial charge in [-0.25, -0.2) is 4.98 Å². The van der Waals surface area contributed by atoms with Gasteiger partial charge >= 0.3 is 0 Å². The van der Waals surface area contributed by atoms with E-state index in [1.165, 1.54) is 15.6 Å². The van der Waals surface area contributed by atoms with Crippen LogP contribution in [0.5, 0.6) is 0 Å². The van der Waals surface area contributed by atoms with Gasteiger partial charge in [0.15, 0.2) is 5.65 Å². The van der Waals surface area contributed by atoms with Crippen LogP contribution in [0.2, 0.25) is 0 Å². The molecule has 0 bridgehead atoms. The number of aromatic amines is 1. The van der Waals surface area contributed by atoms with Gasteiger partial charge in [-0.15, -0.1) is 11.3 Å². The van der Waals surface area contributed by atoms with Gasteiger partial charge in [0.1, 0.15) is 11.2 Å². The van der Waals surface area contributed by atoms with Crippen LogP contribution in [0.3, 0.4) is 0 Å². The summed E-state index contributed by atoms with van der Waals surface area (Å²) in [5.74, 6) is 0.651. The molecule has 24 heavy (non-hydrogen) atoms. The van der Waals surface area contributed by atoms with Crippen molar-refractivity contribution >= 4 is 32.5 Å². The van der Waals surface area contributed by atoms with E-state index in [2.05, 4.69) is 49.6 Å². The van der Waals surface area contributed by atoms with Crippen LogP contribution in [-0.4, -0.2) is 31.7 Å². The molecule has 0 spiro atoms. The molecule has 0 unspecified atom stereocenters. The van der Waals surface area contributed by atoms with Crippen molar-refractivity contribution in [2.75, 3.05) is 7.05 Å². The summed E-state index contributed by atoms with van der Waals surface area (Å²) in [5, 5.41) is 8.10. The number of aryl methyl sites for hydroxylation is 1.